The van der Waals surface area contributed by atoms with Crippen molar-refractivity contribution in [2.45, 2.75) is 0 Å². The maximum Gasteiger partial charge on any atom is 0.164 e. The highest BCUT2D eigenvalue weighted by Crippen LogP contribution is 2.45. The number of thiophene rings is 2. The first-order chi connectivity index (χ1) is 24.8. The van der Waals surface area contributed by atoms with Crippen molar-refractivity contribution >= 4 is 63.0 Å². The Morgan fingerprint density at radius 2 is 0.880 bits per heavy atom. The van der Waals surface area contributed by atoms with Crippen LogP contribution in [-0.2, 0) is 0 Å². The summed E-state index contributed by atoms with van der Waals surface area (Å²) in [5.41, 5.74) is 7.53. The van der Waals surface area contributed by atoms with Crippen molar-refractivity contribution in [2.75, 3.05) is 0 Å². The van der Waals surface area contributed by atoms with Gasteiger partial charge in [-0.05, 0) is 52.6 Å². The van der Waals surface area contributed by atoms with Crippen molar-refractivity contribution in [3.63, 3.8) is 0 Å². The number of fused-ring (bicyclic) bond motifs is 6. The summed E-state index contributed by atoms with van der Waals surface area (Å²) in [5, 5.41) is 5.11. The summed E-state index contributed by atoms with van der Waals surface area (Å²) >= 11 is 3.70. The minimum atomic E-state index is 0.649. The maximum atomic E-state index is 5.18. The zero-order valence-corrected chi connectivity index (χ0v) is 28.4. The van der Waals surface area contributed by atoms with Crippen LogP contribution in [0.5, 0.6) is 0 Å². The van der Waals surface area contributed by atoms with Crippen LogP contribution in [0.25, 0.3) is 96.8 Å². The SMILES string of the molecule is c1ccc(-c2nc(-c3ccccc3)nc(-c3ccc(-c4cccc5c4sc4ccccc45)cc3-c3cccc4sc5ccccc5c34)n2)cc1. The van der Waals surface area contributed by atoms with Gasteiger partial charge in [0, 0.05) is 57.0 Å². The molecule has 0 saturated heterocycles. The standard InChI is InChI=1S/C45H27N3S2/c1-3-13-28(14-4-1)43-46-44(29-15-5-2-6-16-29)48-45(47-43)35-26-25-30(31-19-11-21-34-32-17-7-9-22-38(32)50-42(31)34)27-37(35)33-20-12-24-40-41(33)36-18-8-10-23-39(36)49-40/h1-27H. The summed E-state index contributed by atoms with van der Waals surface area (Å²) < 4.78 is 5.13. The van der Waals surface area contributed by atoms with Crippen LogP contribution in [0.15, 0.2) is 164 Å². The summed E-state index contributed by atoms with van der Waals surface area (Å²) in [4.78, 5) is 15.3. The van der Waals surface area contributed by atoms with Crippen molar-refractivity contribution in [3.8, 4) is 56.4 Å². The van der Waals surface area contributed by atoms with Gasteiger partial charge in [-0.15, -0.1) is 22.7 Å². The molecule has 0 aliphatic rings. The van der Waals surface area contributed by atoms with E-state index in [0.29, 0.717) is 17.5 Å². The first-order valence-electron chi connectivity index (χ1n) is 16.6. The van der Waals surface area contributed by atoms with E-state index in [9.17, 15) is 0 Å². The molecule has 0 spiro atoms. The Labute approximate surface area is 296 Å². The van der Waals surface area contributed by atoms with Crippen LogP contribution in [0.4, 0.5) is 0 Å². The van der Waals surface area contributed by atoms with E-state index in [-0.39, 0.29) is 0 Å². The molecule has 50 heavy (non-hydrogen) atoms. The number of benzene rings is 7. The molecule has 234 valence electrons. The van der Waals surface area contributed by atoms with Crippen LogP contribution in [0.3, 0.4) is 0 Å². The molecule has 7 aromatic carbocycles. The van der Waals surface area contributed by atoms with E-state index in [1.165, 1.54) is 51.5 Å². The number of nitrogens with zero attached hydrogens (tertiary/aromatic N) is 3. The van der Waals surface area contributed by atoms with E-state index in [1.54, 1.807) is 0 Å². The normalized spacial score (nSPS) is 11.6. The Morgan fingerprint density at radius 1 is 0.320 bits per heavy atom. The van der Waals surface area contributed by atoms with Crippen molar-refractivity contribution in [1.82, 2.24) is 15.0 Å². The summed E-state index contributed by atoms with van der Waals surface area (Å²) in [6.45, 7) is 0. The van der Waals surface area contributed by atoms with Crippen molar-refractivity contribution in [2.24, 2.45) is 0 Å². The van der Waals surface area contributed by atoms with Crippen LogP contribution in [0, 0.1) is 0 Å². The molecule has 3 nitrogen and oxygen atoms in total. The molecule has 0 saturated carbocycles. The monoisotopic (exact) mass is 673 g/mol. The zero-order valence-electron chi connectivity index (χ0n) is 26.7. The fourth-order valence-electron chi connectivity index (χ4n) is 7.03. The minimum Gasteiger partial charge on any atom is -0.208 e. The second-order valence-electron chi connectivity index (χ2n) is 12.4. The molecular formula is C45H27N3S2. The smallest absolute Gasteiger partial charge is 0.164 e. The third kappa shape index (κ3) is 4.82. The Kier molecular flexibility index (Phi) is 6.86. The van der Waals surface area contributed by atoms with E-state index in [0.717, 1.165) is 27.8 Å². The second-order valence-corrected chi connectivity index (χ2v) is 14.5. The first-order valence-corrected chi connectivity index (χ1v) is 18.2. The van der Waals surface area contributed by atoms with E-state index >= 15 is 0 Å². The Balaban J connectivity index is 1.27. The van der Waals surface area contributed by atoms with Gasteiger partial charge in [0.1, 0.15) is 0 Å². The molecule has 0 bridgehead atoms. The lowest BCUT2D eigenvalue weighted by atomic mass is 9.91. The van der Waals surface area contributed by atoms with Gasteiger partial charge in [-0.25, -0.2) is 15.0 Å². The lowest BCUT2D eigenvalue weighted by Gasteiger charge is -2.15. The van der Waals surface area contributed by atoms with Gasteiger partial charge >= 0.3 is 0 Å². The summed E-state index contributed by atoms with van der Waals surface area (Å²) in [5.74, 6) is 1.95. The topological polar surface area (TPSA) is 38.7 Å². The number of aromatic nitrogens is 3. The van der Waals surface area contributed by atoms with Crippen LogP contribution < -0.4 is 0 Å². The van der Waals surface area contributed by atoms with Crippen LogP contribution in [-0.4, -0.2) is 15.0 Å². The lowest BCUT2D eigenvalue weighted by Crippen LogP contribution is -2.01. The molecule has 0 radical (unpaired) electrons. The van der Waals surface area contributed by atoms with E-state index in [1.807, 2.05) is 59.1 Å². The van der Waals surface area contributed by atoms with Gasteiger partial charge in [0.15, 0.2) is 17.5 Å². The van der Waals surface area contributed by atoms with E-state index in [4.69, 9.17) is 15.0 Å². The van der Waals surface area contributed by atoms with Crippen molar-refractivity contribution in [1.29, 1.82) is 0 Å². The number of hydrogen-bond donors (Lipinski definition) is 0. The molecule has 0 aliphatic heterocycles. The molecule has 10 rings (SSSR count). The Hall–Kier alpha value is -6.01. The molecule has 0 amide bonds. The third-order valence-corrected chi connectivity index (χ3v) is 11.7. The molecule has 0 N–H and O–H groups in total. The maximum absolute atomic E-state index is 5.18. The van der Waals surface area contributed by atoms with Gasteiger partial charge in [-0.3, -0.25) is 0 Å². The predicted molar refractivity (Wildman–Crippen MR) is 213 cm³/mol. The molecule has 3 aromatic heterocycles. The molecule has 0 atom stereocenters. The molecule has 3 heterocycles. The van der Waals surface area contributed by atoms with Gasteiger partial charge < -0.3 is 0 Å². The summed E-state index contributed by atoms with van der Waals surface area (Å²) in [6, 6.07) is 57.9. The fourth-order valence-corrected chi connectivity index (χ4v) is 9.40. The van der Waals surface area contributed by atoms with Crippen molar-refractivity contribution in [3.05, 3.63) is 164 Å². The second kappa shape index (κ2) is 11.8. The average Bonchev–Trinajstić information content (AvgIpc) is 3.77. The summed E-state index contributed by atoms with van der Waals surface area (Å²) in [6.07, 6.45) is 0. The van der Waals surface area contributed by atoms with E-state index in [2.05, 4.69) is 127 Å². The third-order valence-electron chi connectivity index (χ3n) is 9.37. The lowest BCUT2D eigenvalue weighted by molar-refractivity contribution is 1.07. The highest BCUT2D eigenvalue weighted by molar-refractivity contribution is 7.26. The average molecular weight is 674 g/mol. The number of rotatable bonds is 5. The fraction of sp³-hybridized carbons (Fsp3) is 0. The molecule has 0 unspecified atom stereocenters. The molecule has 10 aromatic rings. The quantitative estimate of drug-likeness (QED) is 0.182. The predicted octanol–water partition coefficient (Wildman–Crippen LogP) is 12.9. The van der Waals surface area contributed by atoms with Gasteiger partial charge in [0.2, 0.25) is 0 Å². The van der Waals surface area contributed by atoms with E-state index < -0.39 is 0 Å². The molecular weight excluding hydrogens is 647 g/mol. The van der Waals surface area contributed by atoms with Crippen molar-refractivity contribution < 1.29 is 0 Å². The largest absolute Gasteiger partial charge is 0.208 e. The highest BCUT2D eigenvalue weighted by Gasteiger charge is 2.20. The zero-order chi connectivity index (χ0) is 33.0. The van der Waals surface area contributed by atoms with Gasteiger partial charge in [-0.1, -0.05) is 133 Å². The molecule has 0 aliphatic carbocycles. The van der Waals surface area contributed by atoms with Crippen LogP contribution >= 0.6 is 22.7 Å². The molecule has 0 fully saturated rings. The van der Waals surface area contributed by atoms with Gasteiger partial charge in [-0.2, -0.15) is 0 Å². The Morgan fingerprint density at radius 3 is 1.62 bits per heavy atom. The van der Waals surface area contributed by atoms with Gasteiger partial charge in [0.05, 0.1) is 0 Å². The highest BCUT2D eigenvalue weighted by atomic mass is 32.1. The minimum absolute atomic E-state index is 0.649. The number of hydrogen-bond acceptors (Lipinski definition) is 5. The summed E-state index contributed by atoms with van der Waals surface area (Å²) in [7, 11) is 0. The first kappa shape index (κ1) is 29.0. The van der Waals surface area contributed by atoms with Gasteiger partial charge in [0.25, 0.3) is 0 Å². The molecule has 5 heteroatoms. The van der Waals surface area contributed by atoms with Crippen LogP contribution in [0.2, 0.25) is 0 Å². The Bertz CT molecular complexity index is 2810. The van der Waals surface area contributed by atoms with Crippen LogP contribution in [0.1, 0.15) is 0 Å².